The Balaban J connectivity index is 0.00000261. The Hall–Kier alpha value is -1.69. The summed E-state index contributed by atoms with van der Waals surface area (Å²) >= 11 is 1.67. The first-order valence-corrected chi connectivity index (χ1v) is 9.54. The summed E-state index contributed by atoms with van der Waals surface area (Å²) in [5.41, 5.74) is 1.87. The van der Waals surface area contributed by atoms with Gasteiger partial charge in [-0.3, -0.25) is 9.48 Å². The van der Waals surface area contributed by atoms with Crippen molar-refractivity contribution < 1.29 is 4.79 Å². The fourth-order valence-corrected chi connectivity index (χ4v) is 3.83. The molecule has 0 atom stereocenters. The van der Waals surface area contributed by atoms with E-state index in [4.69, 9.17) is 4.99 Å². The molecule has 1 aliphatic rings. The fourth-order valence-electron chi connectivity index (χ4n) is 2.97. The lowest BCUT2D eigenvalue weighted by atomic mass is 10.3. The van der Waals surface area contributed by atoms with Crippen LogP contribution < -0.4 is 10.2 Å². The van der Waals surface area contributed by atoms with Gasteiger partial charge in [-0.2, -0.15) is 5.10 Å². The van der Waals surface area contributed by atoms with Crippen LogP contribution in [-0.4, -0.2) is 57.7 Å². The molecule has 1 saturated heterocycles. The average molecular weight is 503 g/mol. The average Bonchev–Trinajstić information content (AvgIpc) is 3.16. The van der Waals surface area contributed by atoms with Crippen molar-refractivity contribution in [1.82, 2.24) is 25.0 Å². The van der Waals surface area contributed by atoms with Gasteiger partial charge in [-0.15, -0.1) is 35.3 Å². The molecule has 3 heterocycles. The van der Waals surface area contributed by atoms with Crippen LogP contribution in [0.2, 0.25) is 0 Å². The highest BCUT2D eigenvalue weighted by Gasteiger charge is 2.27. The van der Waals surface area contributed by atoms with Gasteiger partial charge in [-0.05, 0) is 20.8 Å². The Labute approximate surface area is 180 Å². The second-order valence-corrected chi connectivity index (χ2v) is 7.54. The summed E-state index contributed by atoms with van der Waals surface area (Å²) in [6.07, 6.45) is 3.59. The number of hydrogen-bond donors (Lipinski definition) is 1. The lowest BCUT2D eigenvalue weighted by Gasteiger charge is -2.35. The highest BCUT2D eigenvalue weighted by atomic mass is 127. The summed E-state index contributed by atoms with van der Waals surface area (Å²) in [5.74, 6) is 0.830. The molecule has 1 aliphatic heterocycles. The van der Waals surface area contributed by atoms with Crippen LogP contribution in [-0.2, 0) is 18.4 Å². The van der Waals surface area contributed by atoms with Gasteiger partial charge in [0.1, 0.15) is 6.54 Å². The first-order valence-electron chi connectivity index (χ1n) is 8.73. The largest absolute Gasteiger partial charge is 0.356 e. The normalized spacial score (nSPS) is 15.1. The number of carbonyl (C=O) groups is 1. The zero-order valence-electron chi connectivity index (χ0n) is 16.1. The Morgan fingerprint density at radius 2 is 2.15 bits per heavy atom. The van der Waals surface area contributed by atoms with E-state index in [1.165, 1.54) is 4.88 Å². The van der Waals surface area contributed by atoms with Gasteiger partial charge in [-0.25, -0.2) is 9.98 Å². The van der Waals surface area contributed by atoms with Crippen LogP contribution in [0, 0.1) is 13.8 Å². The van der Waals surface area contributed by atoms with E-state index in [-0.39, 0.29) is 29.9 Å². The highest BCUT2D eigenvalue weighted by Crippen LogP contribution is 2.19. The molecule has 148 valence electrons. The van der Waals surface area contributed by atoms with Gasteiger partial charge in [0.2, 0.25) is 5.91 Å². The molecule has 0 saturated carbocycles. The lowest BCUT2D eigenvalue weighted by Crippen LogP contribution is -2.55. The monoisotopic (exact) mass is 503 g/mol. The first-order chi connectivity index (χ1) is 12.5. The summed E-state index contributed by atoms with van der Waals surface area (Å²) in [6, 6.07) is 0. The topological polar surface area (TPSA) is 78.7 Å². The Bertz CT molecular complexity index is 816. The predicted octanol–water partition coefficient (Wildman–Crippen LogP) is 1.93. The molecule has 0 aliphatic carbocycles. The number of anilines is 1. The number of thiazole rings is 1. The molecule has 0 radical (unpaired) electrons. The van der Waals surface area contributed by atoms with Crippen LogP contribution in [0.4, 0.5) is 5.69 Å². The van der Waals surface area contributed by atoms with E-state index in [2.05, 4.69) is 15.4 Å². The van der Waals surface area contributed by atoms with Gasteiger partial charge in [0.15, 0.2) is 5.96 Å². The van der Waals surface area contributed by atoms with Gasteiger partial charge in [0.25, 0.3) is 0 Å². The van der Waals surface area contributed by atoms with E-state index in [9.17, 15) is 4.79 Å². The summed E-state index contributed by atoms with van der Waals surface area (Å²) in [6.45, 7) is 9.05. The van der Waals surface area contributed by atoms with Gasteiger partial charge in [0, 0.05) is 37.8 Å². The second kappa shape index (κ2) is 9.49. The van der Waals surface area contributed by atoms with Crippen LogP contribution in [0.5, 0.6) is 0 Å². The maximum Gasteiger partial charge on any atom is 0.246 e. The van der Waals surface area contributed by atoms with E-state index >= 15 is 0 Å². The SMILES string of the molecule is CCNC(=NCc1sc(C)nc1C)N1CCN(c2cnn(C)c2)C(=O)C1.I. The maximum atomic E-state index is 12.6. The van der Waals surface area contributed by atoms with Crippen molar-refractivity contribution in [3.63, 3.8) is 0 Å². The minimum atomic E-state index is 0. The van der Waals surface area contributed by atoms with Crippen molar-refractivity contribution >= 4 is 52.9 Å². The standard InChI is InChI=1S/C17H25N7OS.HI/c1-5-18-17(19-9-15-12(2)21-13(3)26-15)23-6-7-24(16(25)11-23)14-8-20-22(4)10-14;/h8,10H,5-7,9,11H2,1-4H3,(H,18,19);1H. The van der Waals surface area contributed by atoms with Crippen molar-refractivity contribution in [3.05, 3.63) is 28.0 Å². The lowest BCUT2D eigenvalue weighted by molar-refractivity contribution is -0.120. The maximum absolute atomic E-state index is 12.6. The third-order valence-electron chi connectivity index (χ3n) is 4.23. The Kier molecular flexibility index (Phi) is 7.59. The number of hydrogen-bond acceptors (Lipinski definition) is 5. The molecule has 10 heteroatoms. The molecular weight excluding hydrogens is 477 g/mol. The molecule has 2 aromatic heterocycles. The summed E-state index contributed by atoms with van der Waals surface area (Å²) in [5, 5.41) is 8.51. The third kappa shape index (κ3) is 5.18. The van der Waals surface area contributed by atoms with E-state index in [1.54, 1.807) is 27.1 Å². The van der Waals surface area contributed by atoms with Crippen LogP contribution in [0.25, 0.3) is 0 Å². The number of nitrogens with one attached hydrogen (secondary N) is 1. The number of piperazine rings is 1. The fraction of sp³-hybridized carbons (Fsp3) is 0.529. The molecule has 1 amide bonds. The number of halogens is 1. The van der Waals surface area contributed by atoms with Gasteiger partial charge < -0.3 is 15.1 Å². The molecule has 1 N–H and O–H groups in total. The number of nitrogens with zero attached hydrogens (tertiary/aromatic N) is 6. The molecule has 27 heavy (non-hydrogen) atoms. The molecule has 1 fully saturated rings. The number of amides is 1. The highest BCUT2D eigenvalue weighted by molar-refractivity contribution is 14.0. The predicted molar refractivity (Wildman–Crippen MR) is 119 cm³/mol. The Morgan fingerprint density at radius 3 is 2.70 bits per heavy atom. The van der Waals surface area contributed by atoms with Crippen LogP contribution in [0.3, 0.4) is 0 Å². The summed E-state index contributed by atoms with van der Waals surface area (Å²) in [7, 11) is 1.85. The zero-order valence-corrected chi connectivity index (χ0v) is 19.2. The van der Waals surface area contributed by atoms with E-state index in [1.807, 2.05) is 38.9 Å². The molecule has 3 rings (SSSR count). The minimum absolute atomic E-state index is 0. The van der Waals surface area contributed by atoms with Crippen molar-refractivity contribution in [2.45, 2.75) is 27.3 Å². The quantitative estimate of drug-likeness (QED) is 0.392. The van der Waals surface area contributed by atoms with Crippen LogP contribution in [0.1, 0.15) is 22.5 Å². The smallest absolute Gasteiger partial charge is 0.246 e. The molecule has 0 unspecified atom stereocenters. The number of carbonyl (C=O) groups excluding carboxylic acids is 1. The van der Waals surface area contributed by atoms with Crippen molar-refractivity contribution in [2.24, 2.45) is 12.0 Å². The molecule has 0 spiro atoms. The van der Waals surface area contributed by atoms with E-state index in [0.717, 1.165) is 35.4 Å². The number of aryl methyl sites for hydroxylation is 3. The van der Waals surface area contributed by atoms with Gasteiger partial charge >= 0.3 is 0 Å². The first kappa shape index (κ1) is 21.6. The summed E-state index contributed by atoms with van der Waals surface area (Å²) in [4.78, 5) is 26.8. The van der Waals surface area contributed by atoms with Gasteiger partial charge in [-0.1, -0.05) is 0 Å². The van der Waals surface area contributed by atoms with Crippen molar-refractivity contribution in [2.75, 3.05) is 31.1 Å². The number of aliphatic imine (C=N–C) groups is 1. The molecule has 0 bridgehead atoms. The van der Waals surface area contributed by atoms with Gasteiger partial charge in [0.05, 0.1) is 29.1 Å². The van der Waals surface area contributed by atoms with Crippen molar-refractivity contribution in [3.8, 4) is 0 Å². The van der Waals surface area contributed by atoms with Crippen LogP contribution >= 0.6 is 35.3 Å². The zero-order chi connectivity index (χ0) is 18.7. The minimum Gasteiger partial charge on any atom is -0.356 e. The van der Waals surface area contributed by atoms with Crippen molar-refractivity contribution in [1.29, 1.82) is 0 Å². The van der Waals surface area contributed by atoms with E-state index in [0.29, 0.717) is 19.6 Å². The summed E-state index contributed by atoms with van der Waals surface area (Å²) < 4.78 is 1.71. The Morgan fingerprint density at radius 1 is 1.37 bits per heavy atom. The number of rotatable bonds is 4. The molecule has 8 nitrogen and oxygen atoms in total. The molecule has 2 aromatic rings. The number of guanidine groups is 1. The van der Waals surface area contributed by atoms with Crippen LogP contribution in [0.15, 0.2) is 17.4 Å². The molecule has 0 aromatic carbocycles. The second-order valence-electron chi connectivity index (χ2n) is 6.25. The molecular formula is C17H26IN7OS. The number of aromatic nitrogens is 3. The third-order valence-corrected chi connectivity index (χ3v) is 5.29. The van der Waals surface area contributed by atoms with E-state index < -0.39 is 0 Å².